The molecule has 0 heterocycles. The highest BCUT2D eigenvalue weighted by Gasteiger charge is 2.45. The highest BCUT2D eigenvalue weighted by atomic mass is 79.9. The summed E-state index contributed by atoms with van der Waals surface area (Å²) in [5.41, 5.74) is 0.578. The Morgan fingerprint density at radius 1 is 1.50 bits per heavy atom. The van der Waals surface area contributed by atoms with Crippen LogP contribution in [-0.2, 0) is 10.0 Å². The first kappa shape index (κ1) is 15.5. The van der Waals surface area contributed by atoms with Crippen molar-refractivity contribution in [1.29, 1.82) is 0 Å². The predicted octanol–water partition coefficient (Wildman–Crippen LogP) is 1.87. The number of carbonyl (C=O) groups is 1. The molecule has 0 aromatic heterocycles. The van der Waals surface area contributed by atoms with Gasteiger partial charge in [0.15, 0.2) is 0 Å². The van der Waals surface area contributed by atoms with Crippen LogP contribution in [0.5, 0.6) is 0 Å². The maximum atomic E-state index is 12.0. The van der Waals surface area contributed by atoms with Crippen LogP contribution in [0.4, 0.5) is 0 Å². The molecule has 0 aliphatic heterocycles. The normalized spacial score (nSPS) is 20.5. The Morgan fingerprint density at radius 3 is 2.60 bits per heavy atom. The third-order valence-electron chi connectivity index (χ3n) is 3.73. The zero-order valence-electron chi connectivity index (χ0n) is 11.3. The first-order valence-corrected chi connectivity index (χ1v) is 8.56. The predicted molar refractivity (Wildman–Crippen MR) is 79.7 cm³/mol. The Morgan fingerprint density at radius 2 is 2.10 bits per heavy atom. The SMILES string of the molecule is CC1(C)CC1CNC(=O)c1ccc(Br)c(S(N)(=O)=O)c1. The third kappa shape index (κ3) is 3.39. The summed E-state index contributed by atoms with van der Waals surface area (Å²) in [7, 11) is -3.85. The van der Waals surface area contributed by atoms with E-state index in [1.54, 1.807) is 6.07 Å². The van der Waals surface area contributed by atoms with Crippen molar-refractivity contribution in [3.63, 3.8) is 0 Å². The minimum Gasteiger partial charge on any atom is -0.352 e. The van der Waals surface area contributed by atoms with Gasteiger partial charge in [-0.1, -0.05) is 13.8 Å². The zero-order valence-corrected chi connectivity index (χ0v) is 13.7. The average Bonchev–Trinajstić information content (AvgIpc) is 2.93. The van der Waals surface area contributed by atoms with Crippen LogP contribution in [0.25, 0.3) is 0 Å². The van der Waals surface area contributed by atoms with Crippen LogP contribution < -0.4 is 10.5 Å². The highest BCUT2D eigenvalue weighted by Crippen LogP contribution is 2.50. The molecule has 1 fully saturated rings. The maximum absolute atomic E-state index is 12.0. The molecular formula is C13H17BrN2O3S. The number of nitrogens with two attached hydrogens (primary N) is 1. The average molecular weight is 361 g/mol. The number of halogens is 1. The van der Waals surface area contributed by atoms with Crippen LogP contribution in [0, 0.1) is 11.3 Å². The number of benzene rings is 1. The van der Waals surface area contributed by atoms with Crippen molar-refractivity contribution >= 4 is 31.9 Å². The van der Waals surface area contributed by atoms with Crippen molar-refractivity contribution in [2.45, 2.75) is 25.2 Å². The van der Waals surface area contributed by atoms with E-state index < -0.39 is 10.0 Å². The Hall–Kier alpha value is -0.920. The molecule has 1 aliphatic carbocycles. The summed E-state index contributed by atoms with van der Waals surface area (Å²) in [6.45, 7) is 4.91. The molecule has 0 spiro atoms. The minimum absolute atomic E-state index is 0.0862. The fraction of sp³-hybridized carbons (Fsp3) is 0.462. The van der Waals surface area contributed by atoms with E-state index >= 15 is 0 Å². The number of hydrogen-bond donors (Lipinski definition) is 2. The third-order valence-corrected chi connectivity index (χ3v) is 5.63. The second-order valence-electron chi connectivity index (χ2n) is 5.79. The summed E-state index contributed by atoms with van der Waals surface area (Å²) in [5, 5.41) is 7.93. The van der Waals surface area contributed by atoms with Crippen LogP contribution in [0.2, 0.25) is 0 Å². The molecule has 1 aliphatic rings. The molecule has 0 saturated heterocycles. The molecule has 2 rings (SSSR count). The standard InChI is InChI=1S/C13H17BrN2O3S/c1-13(2)6-9(13)7-16-12(17)8-3-4-10(14)11(5-8)20(15,18)19/h3-5,9H,6-7H2,1-2H3,(H,16,17)(H2,15,18,19). The lowest BCUT2D eigenvalue weighted by atomic mass is 10.1. The van der Waals surface area contributed by atoms with Crippen molar-refractivity contribution in [2.24, 2.45) is 16.5 Å². The Bertz CT molecular complexity index is 656. The van der Waals surface area contributed by atoms with Gasteiger partial charge >= 0.3 is 0 Å². The van der Waals surface area contributed by atoms with Gasteiger partial charge < -0.3 is 5.32 Å². The molecule has 1 aromatic carbocycles. The van der Waals surface area contributed by atoms with Crippen molar-refractivity contribution in [2.75, 3.05) is 6.54 Å². The summed E-state index contributed by atoms with van der Waals surface area (Å²) in [6, 6.07) is 4.36. The van der Waals surface area contributed by atoms with E-state index in [4.69, 9.17) is 5.14 Å². The first-order chi connectivity index (χ1) is 9.11. The lowest BCUT2D eigenvalue weighted by Gasteiger charge is -2.08. The number of hydrogen-bond acceptors (Lipinski definition) is 3. The maximum Gasteiger partial charge on any atom is 0.251 e. The Kier molecular flexibility index (Phi) is 3.96. The van der Waals surface area contributed by atoms with E-state index in [9.17, 15) is 13.2 Å². The van der Waals surface area contributed by atoms with Crippen LogP contribution in [-0.4, -0.2) is 20.9 Å². The molecule has 1 saturated carbocycles. The zero-order chi connectivity index (χ0) is 15.1. The molecule has 1 aromatic rings. The van der Waals surface area contributed by atoms with E-state index in [2.05, 4.69) is 35.1 Å². The second-order valence-corrected chi connectivity index (χ2v) is 8.17. The lowest BCUT2D eigenvalue weighted by molar-refractivity contribution is 0.0950. The monoisotopic (exact) mass is 360 g/mol. The summed E-state index contributed by atoms with van der Waals surface area (Å²) in [4.78, 5) is 11.9. The van der Waals surface area contributed by atoms with Crippen molar-refractivity contribution < 1.29 is 13.2 Å². The van der Waals surface area contributed by atoms with Gasteiger partial charge in [-0.25, -0.2) is 13.6 Å². The van der Waals surface area contributed by atoms with Gasteiger partial charge in [-0.2, -0.15) is 0 Å². The molecule has 1 atom stereocenters. The number of amides is 1. The Labute approximate surface area is 127 Å². The van der Waals surface area contributed by atoms with Gasteiger partial charge in [0.2, 0.25) is 10.0 Å². The van der Waals surface area contributed by atoms with Gasteiger partial charge in [-0.05, 0) is 51.9 Å². The highest BCUT2D eigenvalue weighted by molar-refractivity contribution is 9.10. The van der Waals surface area contributed by atoms with E-state index in [1.807, 2.05) is 0 Å². The van der Waals surface area contributed by atoms with Gasteiger partial charge in [0.1, 0.15) is 0 Å². The van der Waals surface area contributed by atoms with E-state index in [0.717, 1.165) is 6.42 Å². The number of carbonyl (C=O) groups excluding carboxylic acids is 1. The van der Waals surface area contributed by atoms with E-state index in [1.165, 1.54) is 12.1 Å². The molecule has 1 unspecified atom stereocenters. The number of rotatable bonds is 4. The molecular weight excluding hydrogens is 344 g/mol. The molecule has 5 nitrogen and oxygen atoms in total. The molecule has 7 heteroatoms. The van der Waals surface area contributed by atoms with E-state index in [-0.39, 0.29) is 16.4 Å². The summed E-state index contributed by atoms with van der Waals surface area (Å²) >= 11 is 3.11. The van der Waals surface area contributed by atoms with Crippen LogP contribution in [0.3, 0.4) is 0 Å². The Balaban J connectivity index is 2.11. The molecule has 20 heavy (non-hydrogen) atoms. The fourth-order valence-corrected chi connectivity index (χ4v) is 3.66. The number of primary sulfonamides is 1. The summed E-state index contributed by atoms with van der Waals surface area (Å²) < 4.78 is 23.2. The lowest BCUT2D eigenvalue weighted by Crippen LogP contribution is -2.27. The van der Waals surface area contributed by atoms with Crippen molar-refractivity contribution in [3.8, 4) is 0 Å². The van der Waals surface area contributed by atoms with Crippen molar-refractivity contribution in [1.82, 2.24) is 5.32 Å². The molecule has 0 bridgehead atoms. The van der Waals surface area contributed by atoms with Gasteiger partial charge in [0.05, 0.1) is 4.90 Å². The van der Waals surface area contributed by atoms with Crippen LogP contribution >= 0.6 is 15.9 Å². The molecule has 1 amide bonds. The quantitative estimate of drug-likeness (QED) is 0.858. The van der Waals surface area contributed by atoms with Gasteiger partial charge in [-0.3, -0.25) is 4.79 Å². The van der Waals surface area contributed by atoms with Crippen LogP contribution in [0.15, 0.2) is 27.6 Å². The first-order valence-electron chi connectivity index (χ1n) is 6.22. The topological polar surface area (TPSA) is 89.3 Å². The molecule has 3 N–H and O–H groups in total. The fourth-order valence-electron chi connectivity index (χ4n) is 2.11. The van der Waals surface area contributed by atoms with Crippen LogP contribution in [0.1, 0.15) is 30.6 Å². The minimum atomic E-state index is -3.85. The van der Waals surface area contributed by atoms with Crippen molar-refractivity contribution in [3.05, 3.63) is 28.2 Å². The summed E-state index contributed by atoms with van der Waals surface area (Å²) in [5.74, 6) is 0.199. The van der Waals surface area contributed by atoms with E-state index in [0.29, 0.717) is 22.4 Å². The molecule has 110 valence electrons. The van der Waals surface area contributed by atoms with Gasteiger partial charge in [0.25, 0.3) is 5.91 Å². The number of sulfonamides is 1. The van der Waals surface area contributed by atoms with Gasteiger partial charge in [-0.15, -0.1) is 0 Å². The largest absolute Gasteiger partial charge is 0.352 e. The van der Waals surface area contributed by atoms with Gasteiger partial charge in [0, 0.05) is 16.6 Å². The summed E-state index contributed by atoms with van der Waals surface area (Å²) in [6.07, 6.45) is 1.09. The number of nitrogens with one attached hydrogen (secondary N) is 1. The second kappa shape index (κ2) is 5.13. The smallest absolute Gasteiger partial charge is 0.251 e. The molecule has 0 radical (unpaired) electrons.